The third-order valence-corrected chi connectivity index (χ3v) is 3.95. The molecule has 1 aliphatic rings. The smallest absolute Gasteiger partial charge is 0.243 e. The van der Waals surface area contributed by atoms with Crippen LogP contribution in [0, 0.1) is 0 Å². The van der Waals surface area contributed by atoms with Gasteiger partial charge < -0.3 is 9.26 Å². The van der Waals surface area contributed by atoms with Gasteiger partial charge in [0.15, 0.2) is 5.82 Å². The van der Waals surface area contributed by atoms with Crippen molar-refractivity contribution in [1.29, 1.82) is 0 Å². The van der Waals surface area contributed by atoms with E-state index in [1.54, 1.807) is 7.11 Å². The predicted molar refractivity (Wildman–Crippen MR) is 72.9 cm³/mol. The largest absolute Gasteiger partial charge is 0.381 e. The number of aromatic nitrogens is 2. The molecule has 0 N–H and O–H groups in total. The molecular formula is C14H25N3O2. The van der Waals surface area contributed by atoms with Gasteiger partial charge in [-0.3, -0.25) is 4.90 Å². The van der Waals surface area contributed by atoms with E-state index in [-0.39, 0.29) is 6.04 Å². The normalized spacial score (nSPS) is 19.7. The molecule has 1 aliphatic heterocycles. The van der Waals surface area contributed by atoms with E-state index in [4.69, 9.17) is 9.26 Å². The van der Waals surface area contributed by atoms with Crippen LogP contribution >= 0.6 is 0 Å². The molecule has 5 heteroatoms. The summed E-state index contributed by atoms with van der Waals surface area (Å²) in [6.07, 6.45) is 5.76. The summed E-state index contributed by atoms with van der Waals surface area (Å²) in [5.74, 6) is 1.59. The molecule has 1 saturated heterocycles. The molecule has 2 heterocycles. The molecule has 0 aliphatic carbocycles. The third kappa shape index (κ3) is 3.76. The summed E-state index contributed by atoms with van der Waals surface area (Å²) in [6.45, 7) is 6.38. The van der Waals surface area contributed by atoms with Gasteiger partial charge in [-0.2, -0.15) is 4.98 Å². The van der Waals surface area contributed by atoms with Crippen molar-refractivity contribution in [3.63, 3.8) is 0 Å². The highest BCUT2D eigenvalue weighted by atomic mass is 16.5. The van der Waals surface area contributed by atoms with Crippen molar-refractivity contribution in [2.24, 2.45) is 0 Å². The van der Waals surface area contributed by atoms with E-state index in [9.17, 15) is 0 Å². The first kappa shape index (κ1) is 14.5. The summed E-state index contributed by atoms with van der Waals surface area (Å²) in [5, 5.41) is 4.06. The van der Waals surface area contributed by atoms with E-state index in [0.29, 0.717) is 6.10 Å². The number of aryl methyl sites for hydroxylation is 1. The van der Waals surface area contributed by atoms with Crippen molar-refractivity contribution in [3.8, 4) is 0 Å². The van der Waals surface area contributed by atoms with Crippen molar-refractivity contribution in [2.75, 3.05) is 20.2 Å². The number of ether oxygens (including phenoxy) is 1. The third-order valence-electron chi connectivity index (χ3n) is 3.95. The van der Waals surface area contributed by atoms with Crippen molar-refractivity contribution in [2.45, 2.75) is 58.1 Å². The van der Waals surface area contributed by atoms with Gasteiger partial charge in [0.2, 0.25) is 5.89 Å². The maximum atomic E-state index is 5.40. The molecule has 0 bridgehead atoms. The van der Waals surface area contributed by atoms with Gasteiger partial charge in [-0.15, -0.1) is 0 Å². The summed E-state index contributed by atoms with van der Waals surface area (Å²) in [7, 11) is 1.79. The van der Waals surface area contributed by atoms with E-state index in [1.807, 2.05) is 0 Å². The van der Waals surface area contributed by atoms with E-state index in [0.717, 1.165) is 56.9 Å². The quantitative estimate of drug-likeness (QED) is 0.793. The fourth-order valence-corrected chi connectivity index (χ4v) is 2.53. The van der Waals surface area contributed by atoms with Crippen LogP contribution in [0.1, 0.15) is 57.3 Å². The Balaban J connectivity index is 1.88. The minimum absolute atomic E-state index is 0.209. The highest BCUT2D eigenvalue weighted by molar-refractivity contribution is 4.93. The number of nitrogens with zero attached hydrogens (tertiary/aromatic N) is 3. The molecule has 0 spiro atoms. The Bertz CT molecular complexity index is 373. The summed E-state index contributed by atoms with van der Waals surface area (Å²) in [5.41, 5.74) is 0. The standard InChI is InChI=1S/C14H25N3O2/c1-4-5-6-13-15-14(19-16-13)11(2)17-9-7-12(18-3)8-10-17/h11-12H,4-10H2,1-3H3. The molecule has 2 rings (SSSR count). The summed E-state index contributed by atoms with van der Waals surface area (Å²) >= 11 is 0. The second kappa shape index (κ2) is 7.01. The number of likely N-dealkylation sites (tertiary alicyclic amines) is 1. The maximum Gasteiger partial charge on any atom is 0.243 e. The molecule has 5 nitrogen and oxygen atoms in total. The summed E-state index contributed by atoms with van der Waals surface area (Å²) < 4.78 is 10.8. The van der Waals surface area contributed by atoms with Crippen LogP contribution in [0.5, 0.6) is 0 Å². The first-order valence-corrected chi connectivity index (χ1v) is 7.34. The van der Waals surface area contributed by atoms with Gasteiger partial charge in [0.05, 0.1) is 12.1 Å². The lowest BCUT2D eigenvalue weighted by Gasteiger charge is -2.33. The summed E-state index contributed by atoms with van der Waals surface area (Å²) in [6, 6.07) is 0.209. The Morgan fingerprint density at radius 1 is 1.42 bits per heavy atom. The van der Waals surface area contributed by atoms with Crippen LogP contribution in [0.2, 0.25) is 0 Å². The topological polar surface area (TPSA) is 51.4 Å². The van der Waals surface area contributed by atoms with Crippen LogP contribution in [0.25, 0.3) is 0 Å². The van der Waals surface area contributed by atoms with E-state index >= 15 is 0 Å². The van der Waals surface area contributed by atoms with Gasteiger partial charge in [-0.25, -0.2) is 0 Å². The van der Waals surface area contributed by atoms with E-state index < -0.39 is 0 Å². The fourth-order valence-electron chi connectivity index (χ4n) is 2.53. The Labute approximate surface area is 115 Å². The fraction of sp³-hybridized carbons (Fsp3) is 0.857. The van der Waals surface area contributed by atoms with Crippen LogP contribution in [-0.2, 0) is 11.2 Å². The highest BCUT2D eigenvalue weighted by Crippen LogP contribution is 2.24. The average molecular weight is 267 g/mol. The Hall–Kier alpha value is -0.940. The van der Waals surface area contributed by atoms with Crippen LogP contribution < -0.4 is 0 Å². The predicted octanol–water partition coefficient (Wildman–Crippen LogP) is 2.58. The van der Waals surface area contributed by atoms with Crippen LogP contribution in [0.4, 0.5) is 0 Å². The molecule has 108 valence electrons. The highest BCUT2D eigenvalue weighted by Gasteiger charge is 2.26. The van der Waals surface area contributed by atoms with E-state index in [1.165, 1.54) is 0 Å². The molecule has 0 radical (unpaired) electrons. The zero-order valence-electron chi connectivity index (χ0n) is 12.3. The second-order valence-electron chi connectivity index (χ2n) is 5.30. The summed E-state index contributed by atoms with van der Waals surface area (Å²) in [4.78, 5) is 6.91. The number of methoxy groups -OCH3 is 1. The van der Waals surface area contributed by atoms with Gasteiger partial charge in [0.1, 0.15) is 0 Å². The monoisotopic (exact) mass is 267 g/mol. The molecule has 0 aromatic carbocycles. The number of hydrogen-bond donors (Lipinski definition) is 0. The molecule has 19 heavy (non-hydrogen) atoms. The number of piperidine rings is 1. The minimum Gasteiger partial charge on any atom is -0.381 e. The Morgan fingerprint density at radius 3 is 2.79 bits per heavy atom. The zero-order chi connectivity index (χ0) is 13.7. The van der Waals surface area contributed by atoms with Gasteiger partial charge >= 0.3 is 0 Å². The molecular weight excluding hydrogens is 242 g/mol. The van der Waals surface area contributed by atoms with Crippen molar-refractivity contribution in [3.05, 3.63) is 11.7 Å². The molecule has 0 saturated carbocycles. The number of hydrogen-bond acceptors (Lipinski definition) is 5. The van der Waals surface area contributed by atoms with Crippen LogP contribution in [0.3, 0.4) is 0 Å². The molecule has 1 atom stereocenters. The lowest BCUT2D eigenvalue weighted by Crippen LogP contribution is -2.38. The Morgan fingerprint density at radius 2 is 2.16 bits per heavy atom. The molecule has 0 amide bonds. The molecule has 1 unspecified atom stereocenters. The van der Waals surface area contributed by atoms with Gasteiger partial charge in [0.25, 0.3) is 0 Å². The Kier molecular flexibility index (Phi) is 5.34. The lowest BCUT2D eigenvalue weighted by molar-refractivity contribution is 0.0247. The molecule has 1 aromatic rings. The van der Waals surface area contributed by atoms with Gasteiger partial charge in [-0.1, -0.05) is 18.5 Å². The van der Waals surface area contributed by atoms with Gasteiger partial charge in [-0.05, 0) is 26.2 Å². The first-order valence-electron chi connectivity index (χ1n) is 7.34. The van der Waals surface area contributed by atoms with E-state index in [2.05, 4.69) is 28.9 Å². The maximum absolute atomic E-state index is 5.40. The average Bonchev–Trinajstić information content (AvgIpc) is 2.93. The van der Waals surface area contributed by atoms with Crippen molar-refractivity contribution < 1.29 is 9.26 Å². The van der Waals surface area contributed by atoms with Crippen LogP contribution in [0.15, 0.2) is 4.52 Å². The van der Waals surface area contributed by atoms with Gasteiger partial charge in [0, 0.05) is 26.6 Å². The second-order valence-corrected chi connectivity index (χ2v) is 5.30. The van der Waals surface area contributed by atoms with Crippen molar-refractivity contribution in [1.82, 2.24) is 15.0 Å². The van der Waals surface area contributed by atoms with Crippen molar-refractivity contribution >= 4 is 0 Å². The lowest BCUT2D eigenvalue weighted by atomic mass is 10.1. The molecule has 1 fully saturated rings. The van der Waals surface area contributed by atoms with Crippen LogP contribution in [-0.4, -0.2) is 41.3 Å². The molecule has 1 aromatic heterocycles. The number of rotatable bonds is 6. The zero-order valence-corrected chi connectivity index (χ0v) is 12.3. The minimum atomic E-state index is 0.209. The first-order chi connectivity index (χ1) is 9.24. The number of unbranched alkanes of at least 4 members (excludes halogenated alkanes) is 1. The SMILES string of the molecule is CCCCc1noc(C(C)N2CCC(OC)CC2)n1.